The number of carbonyl (C=O) groups excluding carboxylic acids is 1. The van der Waals surface area contributed by atoms with Crippen molar-refractivity contribution < 1.29 is 17.9 Å². The van der Waals surface area contributed by atoms with Crippen LogP contribution in [-0.4, -0.2) is 62.9 Å². The second kappa shape index (κ2) is 11.1. The Hall–Kier alpha value is -2.78. The molecule has 7 nitrogen and oxygen atoms in total. The van der Waals surface area contributed by atoms with Crippen LogP contribution in [-0.2, 0) is 27.8 Å². The molecular weight excluding hydrogens is 545 g/mol. The van der Waals surface area contributed by atoms with Crippen LogP contribution in [0.4, 0.5) is 5.69 Å². The highest BCUT2D eigenvalue weighted by molar-refractivity contribution is 7.89. The van der Waals surface area contributed by atoms with Crippen LogP contribution in [0.1, 0.15) is 16.7 Å². The van der Waals surface area contributed by atoms with E-state index in [9.17, 15) is 13.2 Å². The lowest BCUT2D eigenvalue weighted by molar-refractivity contribution is -0.133. The summed E-state index contributed by atoms with van der Waals surface area (Å²) in [4.78, 5) is 16.9. The molecule has 0 aromatic heterocycles. The summed E-state index contributed by atoms with van der Waals surface area (Å²) in [7, 11) is -3.72. The third-order valence-corrected chi connectivity index (χ3v) is 9.50. The molecule has 3 aromatic carbocycles. The van der Waals surface area contributed by atoms with Gasteiger partial charge < -0.3 is 14.5 Å². The third-order valence-electron chi connectivity index (χ3n) is 7.13. The molecule has 1 amide bonds. The van der Waals surface area contributed by atoms with Crippen molar-refractivity contribution in [1.82, 2.24) is 9.21 Å². The van der Waals surface area contributed by atoms with Gasteiger partial charge in [-0.3, -0.25) is 4.79 Å². The molecular formula is C28H29Cl2N3O4S. The van der Waals surface area contributed by atoms with E-state index in [1.165, 1.54) is 28.1 Å². The number of hydrogen-bond acceptors (Lipinski definition) is 5. The van der Waals surface area contributed by atoms with E-state index in [1.807, 2.05) is 49.4 Å². The number of amides is 1. The standard InChI is InChI=1S/C28H29Cl2N3O4S/c1-20-6-7-23(29)16-26(20)31-12-14-32(15-13-31)28(34)19-37-27-9-8-24(17-25(27)30)38(35,36)33-11-10-21-4-2-3-5-22(21)18-33/h2-9,16-17H,10-15,18-19H2,1H3. The normalized spacial score (nSPS) is 16.3. The van der Waals surface area contributed by atoms with Gasteiger partial charge in [-0.15, -0.1) is 0 Å². The molecule has 0 atom stereocenters. The van der Waals surface area contributed by atoms with Gasteiger partial charge in [0, 0.05) is 50.0 Å². The van der Waals surface area contributed by atoms with Crippen molar-refractivity contribution in [3.8, 4) is 5.75 Å². The zero-order valence-corrected chi connectivity index (χ0v) is 23.4. The molecule has 2 heterocycles. The quantitative estimate of drug-likeness (QED) is 0.424. The van der Waals surface area contributed by atoms with Crippen molar-refractivity contribution in [3.63, 3.8) is 0 Å². The average Bonchev–Trinajstić information content (AvgIpc) is 2.93. The number of carbonyl (C=O) groups is 1. The molecule has 2 aliphatic rings. The number of fused-ring (bicyclic) bond motifs is 1. The number of sulfonamides is 1. The molecule has 0 unspecified atom stereocenters. The summed E-state index contributed by atoms with van der Waals surface area (Å²) >= 11 is 12.6. The van der Waals surface area contributed by atoms with Crippen LogP contribution in [0, 0.1) is 6.92 Å². The minimum absolute atomic E-state index is 0.105. The Bertz CT molecular complexity index is 1460. The molecule has 200 valence electrons. The van der Waals surface area contributed by atoms with E-state index in [4.69, 9.17) is 27.9 Å². The molecule has 38 heavy (non-hydrogen) atoms. The molecule has 0 N–H and O–H groups in total. The van der Waals surface area contributed by atoms with E-state index < -0.39 is 10.0 Å². The first-order valence-electron chi connectivity index (χ1n) is 12.5. The van der Waals surface area contributed by atoms with Gasteiger partial charge in [-0.1, -0.05) is 53.5 Å². The summed E-state index contributed by atoms with van der Waals surface area (Å²) in [6.07, 6.45) is 0.666. The Kier molecular flexibility index (Phi) is 7.86. The minimum Gasteiger partial charge on any atom is -0.482 e. The monoisotopic (exact) mass is 573 g/mol. The van der Waals surface area contributed by atoms with Crippen molar-refractivity contribution in [2.45, 2.75) is 24.8 Å². The lowest BCUT2D eigenvalue weighted by atomic mass is 10.0. The smallest absolute Gasteiger partial charge is 0.260 e. The molecule has 1 saturated heterocycles. The van der Waals surface area contributed by atoms with E-state index in [-0.39, 0.29) is 28.2 Å². The second-order valence-electron chi connectivity index (χ2n) is 9.54. The number of benzene rings is 3. The van der Waals surface area contributed by atoms with Gasteiger partial charge in [0.05, 0.1) is 9.92 Å². The van der Waals surface area contributed by atoms with E-state index in [2.05, 4.69) is 4.90 Å². The first-order valence-corrected chi connectivity index (χ1v) is 14.7. The molecule has 1 fully saturated rings. The summed E-state index contributed by atoms with van der Waals surface area (Å²) in [5.41, 5.74) is 4.40. The summed E-state index contributed by atoms with van der Waals surface area (Å²) in [5, 5.41) is 0.840. The van der Waals surface area contributed by atoms with Crippen molar-refractivity contribution in [1.29, 1.82) is 0 Å². The molecule has 3 aromatic rings. The second-order valence-corrected chi connectivity index (χ2v) is 12.3. The molecule has 10 heteroatoms. The van der Waals surface area contributed by atoms with Crippen LogP contribution >= 0.6 is 23.2 Å². The van der Waals surface area contributed by atoms with Crippen LogP contribution in [0.2, 0.25) is 10.0 Å². The lowest BCUT2D eigenvalue weighted by Gasteiger charge is -2.36. The van der Waals surface area contributed by atoms with Crippen LogP contribution in [0.15, 0.2) is 65.6 Å². The summed E-state index contributed by atoms with van der Waals surface area (Å²) in [6.45, 7) is 5.13. The van der Waals surface area contributed by atoms with Gasteiger partial charge in [0.1, 0.15) is 5.75 Å². The fourth-order valence-electron chi connectivity index (χ4n) is 4.93. The molecule has 5 rings (SSSR count). The fourth-order valence-corrected chi connectivity index (χ4v) is 6.85. The highest BCUT2D eigenvalue weighted by Gasteiger charge is 2.29. The van der Waals surface area contributed by atoms with Crippen LogP contribution < -0.4 is 9.64 Å². The van der Waals surface area contributed by atoms with E-state index in [1.54, 1.807) is 4.90 Å². The zero-order chi connectivity index (χ0) is 26.9. The van der Waals surface area contributed by atoms with Gasteiger partial charge in [0.25, 0.3) is 5.91 Å². The molecule has 2 aliphatic heterocycles. The predicted octanol–water partition coefficient (Wildman–Crippen LogP) is 4.78. The SMILES string of the molecule is Cc1ccc(Cl)cc1N1CCN(C(=O)COc2ccc(S(=O)(=O)N3CCc4ccccc4C3)cc2Cl)CC1. The molecule has 0 radical (unpaired) electrons. The maximum atomic E-state index is 13.3. The van der Waals surface area contributed by atoms with Gasteiger partial charge in [0.15, 0.2) is 6.61 Å². The van der Waals surface area contributed by atoms with Crippen LogP contribution in [0.3, 0.4) is 0 Å². The van der Waals surface area contributed by atoms with Gasteiger partial charge in [-0.2, -0.15) is 4.31 Å². The highest BCUT2D eigenvalue weighted by Crippen LogP contribution is 2.31. The molecule has 0 aliphatic carbocycles. The molecule has 0 spiro atoms. The number of aryl methyl sites for hydroxylation is 1. The maximum Gasteiger partial charge on any atom is 0.260 e. The fraction of sp³-hybridized carbons (Fsp3) is 0.321. The summed E-state index contributed by atoms with van der Waals surface area (Å²) in [6, 6.07) is 18.1. The minimum atomic E-state index is -3.72. The first kappa shape index (κ1) is 26.8. The summed E-state index contributed by atoms with van der Waals surface area (Å²) < 4.78 is 33.7. The van der Waals surface area contributed by atoms with E-state index in [0.29, 0.717) is 50.7 Å². The Morgan fingerprint density at radius 3 is 2.39 bits per heavy atom. The highest BCUT2D eigenvalue weighted by atomic mass is 35.5. The Labute approximate surface area is 233 Å². The van der Waals surface area contributed by atoms with Crippen LogP contribution in [0.5, 0.6) is 5.75 Å². The van der Waals surface area contributed by atoms with Crippen molar-refractivity contribution in [3.05, 3.63) is 87.4 Å². The number of nitrogens with zero attached hydrogens (tertiary/aromatic N) is 3. The van der Waals surface area contributed by atoms with E-state index in [0.717, 1.165) is 16.8 Å². The Morgan fingerprint density at radius 2 is 1.66 bits per heavy atom. The van der Waals surface area contributed by atoms with Gasteiger partial charge in [0.2, 0.25) is 10.0 Å². The number of anilines is 1. The van der Waals surface area contributed by atoms with Crippen molar-refractivity contribution in [2.75, 3.05) is 44.2 Å². The maximum absolute atomic E-state index is 13.3. The predicted molar refractivity (Wildman–Crippen MR) is 150 cm³/mol. The first-order chi connectivity index (χ1) is 18.2. The Morgan fingerprint density at radius 1 is 0.921 bits per heavy atom. The van der Waals surface area contributed by atoms with Gasteiger partial charge >= 0.3 is 0 Å². The molecule has 0 saturated carbocycles. The number of hydrogen-bond donors (Lipinski definition) is 0. The van der Waals surface area contributed by atoms with Crippen LogP contribution in [0.25, 0.3) is 0 Å². The zero-order valence-electron chi connectivity index (χ0n) is 21.1. The lowest BCUT2D eigenvalue weighted by Crippen LogP contribution is -2.50. The Balaban J connectivity index is 1.17. The number of halogens is 2. The third kappa shape index (κ3) is 5.64. The molecule has 0 bridgehead atoms. The number of ether oxygens (including phenoxy) is 1. The number of piperazine rings is 1. The average molecular weight is 575 g/mol. The topological polar surface area (TPSA) is 70.2 Å². The van der Waals surface area contributed by atoms with Crippen molar-refractivity contribution >= 4 is 44.8 Å². The van der Waals surface area contributed by atoms with Gasteiger partial charge in [-0.25, -0.2) is 8.42 Å². The number of rotatable bonds is 6. The van der Waals surface area contributed by atoms with Crippen molar-refractivity contribution in [2.24, 2.45) is 0 Å². The van der Waals surface area contributed by atoms with E-state index >= 15 is 0 Å². The summed E-state index contributed by atoms with van der Waals surface area (Å²) in [5.74, 6) is 0.128. The van der Waals surface area contributed by atoms with Gasteiger partial charge in [-0.05, 0) is 60.4 Å². The largest absolute Gasteiger partial charge is 0.482 e.